The van der Waals surface area contributed by atoms with Gasteiger partial charge in [0.1, 0.15) is 0 Å². The molecule has 1 amide bonds. The zero-order chi connectivity index (χ0) is 25.2. The monoisotopic (exact) mass is 496 g/mol. The zero-order valence-corrected chi connectivity index (χ0v) is 21.6. The molecule has 0 aliphatic carbocycles. The fourth-order valence-corrected chi connectivity index (χ4v) is 5.90. The van der Waals surface area contributed by atoms with E-state index in [0.29, 0.717) is 12.5 Å². The van der Waals surface area contributed by atoms with Crippen LogP contribution in [0.5, 0.6) is 0 Å². The Labute approximate surface area is 218 Å². The molecule has 1 atom stereocenters. The predicted octanol–water partition coefficient (Wildman–Crippen LogP) is 4.44. The Morgan fingerprint density at radius 3 is 2.65 bits per heavy atom. The topological polar surface area (TPSA) is 65.8 Å². The summed E-state index contributed by atoms with van der Waals surface area (Å²) in [4.78, 5) is 27.4. The number of hydrogen-bond acceptors (Lipinski definition) is 5. The number of rotatable bonds is 6. The fourth-order valence-electron chi connectivity index (χ4n) is 5.90. The first-order chi connectivity index (χ1) is 18.1. The van der Waals surface area contributed by atoms with Crippen LogP contribution in [-0.2, 0) is 11.3 Å². The molecule has 2 saturated heterocycles. The minimum Gasteiger partial charge on any atom is -0.356 e. The molecule has 5 heterocycles. The summed E-state index contributed by atoms with van der Waals surface area (Å²) in [5.41, 5.74) is 5.50. The van der Waals surface area contributed by atoms with Crippen molar-refractivity contribution in [2.24, 2.45) is 11.8 Å². The Bertz CT molecular complexity index is 1370. The molecular formula is C30H36N6O. The van der Waals surface area contributed by atoms with Gasteiger partial charge in [0.2, 0.25) is 5.91 Å². The lowest BCUT2D eigenvalue weighted by Crippen LogP contribution is -2.45. The molecule has 1 aromatic carbocycles. The van der Waals surface area contributed by atoms with Crippen molar-refractivity contribution in [1.82, 2.24) is 24.6 Å². The molecule has 7 nitrogen and oxygen atoms in total. The molecular weight excluding hydrogens is 460 g/mol. The van der Waals surface area contributed by atoms with Crippen LogP contribution in [0.3, 0.4) is 0 Å². The van der Waals surface area contributed by atoms with Crippen molar-refractivity contribution in [1.29, 1.82) is 0 Å². The molecule has 0 unspecified atom stereocenters. The predicted molar refractivity (Wildman–Crippen MR) is 148 cm³/mol. The van der Waals surface area contributed by atoms with Crippen LogP contribution in [-0.4, -0.2) is 57.9 Å². The van der Waals surface area contributed by atoms with Crippen LogP contribution in [0.1, 0.15) is 36.8 Å². The van der Waals surface area contributed by atoms with E-state index < -0.39 is 0 Å². The average molecular weight is 497 g/mol. The maximum atomic E-state index is 13.2. The molecule has 0 bridgehead atoms. The van der Waals surface area contributed by atoms with Crippen molar-refractivity contribution < 1.29 is 4.79 Å². The first-order valence-electron chi connectivity index (χ1n) is 13.7. The second-order valence-electron chi connectivity index (χ2n) is 10.8. The van der Waals surface area contributed by atoms with Gasteiger partial charge in [-0.1, -0.05) is 29.8 Å². The van der Waals surface area contributed by atoms with Gasteiger partial charge in [0.05, 0.1) is 17.0 Å². The van der Waals surface area contributed by atoms with Gasteiger partial charge in [0.15, 0.2) is 11.5 Å². The van der Waals surface area contributed by atoms with E-state index in [2.05, 4.69) is 68.0 Å². The summed E-state index contributed by atoms with van der Waals surface area (Å²) in [5, 5.41) is 3.30. The van der Waals surface area contributed by atoms with Gasteiger partial charge in [-0.3, -0.25) is 9.69 Å². The van der Waals surface area contributed by atoms with Gasteiger partial charge in [0.25, 0.3) is 0 Å². The number of hydrogen-bond donors (Lipinski definition) is 1. The van der Waals surface area contributed by atoms with Crippen LogP contribution in [0, 0.1) is 18.8 Å². The van der Waals surface area contributed by atoms with Crippen LogP contribution < -0.4 is 10.2 Å². The summed E-state index contributed by atoms with van der Waals surface area (Å²) in [6, 6.07) is 17.0. The summed E-state index contributed by atoms with van der Waals surface area (Å²) < 4.78 is 2.15. The molecule has 192 valence electrons. The number of nitrogens with zero attached hydrogens (tertiary/aromatic N) is 5. The van der Waals surface area contributed by atoms with E-state index in [1.54, 1.807) is 6.20 Å². The minimum atomic E-state index is -0.00776. The molecule has 0 spiro atoms. The van der Waals surface area contributed by atoms with E-state index in [9.17, 15) is 4.79 Å². The molecule has 37 heavy (non-hydrogen) atoms. The SMILES string of the molecule is Cc1ccc(CN2CCC(CNC(=O)[C@H]3CCCN(c4nc5ncccc5n5cccc45)C3)CC2)cc1. The van der Waals surface area contributed by atoms with Gasteiger partial charge in [-0.05, 0) is 81.4 Å². The molecule has 2 aliphatic heterocycles. The molecule has 0 radical (unpaired) electrons. The van der Waals surface area contributed by atoms with Crippen LogP contribution >= 0.6 is 0 Å². The first-order valence-corrected chi connectivity index (χ1v) is 13.7. The van der Waals surface area contributed by atoms with Crippen LogP contribution in [0.25, 0.3) is 16.7 Å². The van der Waals surface area contributed by atoms with E-state index in [1.807, 2.05) is 18.2 Å². The van der Waals surface area contributed by atoms with E-state index >= 15 is 0 Å². The molecule has 0 saturated carbocycles. The summed E-state index contributed by atoms with van der Waals surface area (Å²) in [6.45, 7) is 7.75. The largest absolute Gasteiger partial charge is 0.356 e. The molecule has 6 rings (SSSR count). The van der Waals surface area contributed by atoms with Crippen molar-refractivity contribution in [3.8, 4) is 0 Å². The Balaban J connectivity index is 1.04. The van der Waals surface area contributed by atoms with E-state index in [1.165, 1.54) is 11.1 Å². The Morgan fingerprint density at radius 2 is 1.81 bits per heavy atom. The molecule has 1 N–H and O–H groups in total. The maximum absolute atomic E-state index is 13.2. The second-order valence-corrected chi connectivity index (χ2v) is 10.8. The lowest BCUT2D eigenvalue weighted by atomic mass is 9.94. The van der Waals surface area contributed by atoms with Crippen molar-refractivity contribution in [2.75, 3.05) is 37.6 Å². The fraction of sp³-hybridized carbons (Fsp3) is 0.433. The number of amides is 1. The summed E-state index contributed by atoms with van der Waals surface area (Å²) in [6.07, 6.45) is 8.05. The minimum absolute atomic E-state index is 0.00776. The number of fused-ring (bicyclic) bond motifs is 3. The van der Waals surface area contributed by atoms with E-state index in [-0.39, 0.29) is 11.8 Å². The van der Waals surface area contributed by atoms with Gasteiger partial charge in [-0.15, -0.1) is 0 Å². The smallest absolute Gasteiger partial charge is 0.224 e. The van der Waals surface area contributed by atoms with Gasteiger partial charge in [-0.25, -0.2) is 9.97 Å². The number of aromatic nitrogens is 3. The lowest BCUT2D eigenvalue weighted by molar-refractivity contribution is -0.125. The highest BCUT2D eigenvalue weighted by Crippen LogP contribution is 2.28. The number of likely N-dealkylation sites (tertiary alicyclic amines) is 1. The molecule has 7 heteroatoms. The second kappa shape index (κ2) is 10.5. The number of anilines is 1. The summed E-state index contributed by atoms with van der Waals surface area (Å²) >= 11 is 0. The highest BCUT2D eigenvalue weighted by molar-refractivity contribution is 5.84. The van der Waals surface area contributed by atoms with Crippen LogP contribution in [0.2, 0.25) is 0 Å². The average Bonchev–Trinajstić information content (AvgIpc) is 3.44. The molecule has 2 aliphatic rings. The number of aryl methyl sites for hydroxylation is 1. The molecule has 4 aromatic rings. The summed E-state index contributed by atoms with van der Waals surface area (Å²) in [5.74, 6) is 1.67. The standard InChI is InChI=1S/C30H36N6O/c1-22-8-10-24(11-9-22)20-34-17-12-23(13-18-34)19-32-30(37)25-5-3-15-35(21-25)29-27-7-4-16-36(27)26-6-2-14-31-28(26)33-29/h2,4,6-11,14,16,23,25H,3,5,12-13,15,17-21H2,1H3,(H,32,37)/t25-/m0/s1. The summed E-state index contributed by atoms with van der Waals surface area (Å²) in [7, 11) is 0. The first kappa shape index (κ1) is 23.9. The molecule has 3 aromatic heterocycles. The highest BCUT2D eigenvalue weighted by Gasteiger charge is 2.29. The van der Waals surface area contributed by atoms with Crippen molar-refractivity contribution in [3.63, 3.8) is 0 Å². The van der Waals surface area contributed by atoms with E-state index in [4.69, 9.17) is 4.98 Å². The van der Waals surface area contributed by atoms with E-state index in [0.717, 1.165) is 80.9 Å². The number of piperidine rings is 2. The Kier molecular flexibility index (Phi) is 6.79. The van der Waals surface area contributed by atoms with Crippen molar-refractivity contribution >= 4 is 28.4 Å². The number of benzene rings is 1. The maximum Gasteiger partial charge on any atom is 0.224 e. The highest BCUT2D eigenvalue weighted by atomic mass is 16.1. The lowest BCUT2D eigenvalue weighted by Gasteiger charge is -2.34. The zero-order valence-electron chi connectivity index (χ0n) is 21.6. The molecule has 2 fully saturated rings. The number of carbonyl (C=O) groups is 1. The Morgan fingerprint density at radius 1 is 1.00 bits per heavy atom. The normalized spacial score (nSPS) is 19.5. The Hall–Kier alpha value is -3.45. The number of carbonyl (C=O) groups excluding carboxylic acids is 1. The van der Waals surface area contributed by atoms with Gasteiger partial charge in [0, 0.05) is 38.6 Å². The third-order valence-corrected chi connectivity index (χ3v) is 8.11. The van der Waals surface area contributed by atoms with Crippen molar-refractivity contribution in [3.05, 3.63) is 72.1 Å². The van der Waals surface area contributed by atoms with Crippen LogP contribution in [0.4, 0.5) is 5.82 Å². The van der Waals surface area contributed by atoms with Crippen molar-refractivity contribution in [2.45, 2.75) is 39.2 Å². The number of nitrogens with one attached hydrogen (secondary N) is 1. The third kappa shape index (κ3) is 5.18. The van der Waals surface area contributed by atoms with Gasteiger partial charge >= 0.3 is 0 Å². The van der Waals surface area contributed by atoms with Crippen LogP contribution in [0.15, 0.2) is 60.9 Å². The number of pyridine rings is 1. The van der Waals surface area contributed by atoms with Gasteiger partial charge in [-0.2, -0.15) is 0 Å². The van der Waals surface area contributed by atoms with Gasteiger partial charge < -0.3 is 14.6 Å². The quantitative estimate of drug-likeness (QED) is 0.428. The third-order valence-electron chi connectivity index (χ3n) is 8.11.